The fourth-order valence-corrected chi connectivity index (χ4v) is 3.20. The molecule has 1 aromatic carbocycles. The fraction of sp³-hybridized carbons (Fsp3) is 0.500. The molecule has 1 aromatic heterocycles. The molecule has 0 atom stereocenters. The van der Waals surface area contributed by atoms with Crippen LogP contribution < -0.4 is 24.8 Å². The lowest BCUT2D eigenvalue weighted by Crippen LogP contribution is -2.29. The molecule has 2 aromatic rings. The third kappa shape index (κ3) is 4.13. The van der Waals surface area contributed by atoms with Crippen molar-refractivity contribution in [3.05, 3.63) is 29.6 Å². The molecule has 2 heterocycles. The Bertz CT molecular complexity index is 786. The average Bonchev–Trinajstić information content (AvgIpc) is 3.22. The second-order valence-corrected chi connectivity index (χ2v) is 6.24. The SMILES string of the molecule is COc1ccc(CNC(=O)c2cn(C3CCNCC3)nn2)c(OC)c1OC. The van der Waals surface area contributed by atoms with Crippen LogP contribution in [0.3, 0.4) is 0 Å². The van der Waals surface area contributed by atoms with Crippen molar-refractivity contribution in [2.75, 3.05) is 34.4 Å². The van der Waals surface area contributed by atoms with Crippen molar-refractivity contribution in [1.29, 1.82) is 0 Å². The Morgan fingerprint density at radius 3 is 2.59 bits per heavy atom. The highest BCUT2D eigenvalue weighted by atomic mass is 16.5. The number of benzene rings is 1. The maximum Gasteiger partial charge on any atom is 0.273 e. The standard InChI is InChI=1S/C18H25N5O4/c1-25-15-5-4-12(16(26-2)17(15)27-3)10-20-18(24)14-11-23(22-21-14)13-6-8-19-9-7-13/h4-5,11,13,19H,6-10H2,1-3H3,(H,20,24). The summed E-state index contributed by atoms with van der Waals surface area (Å²) in [6.07, 6.45) is 3.66. The number of ether oxygens (including phenoxy) is 3. The summed E-state index contributed by atoms with van der Waals surface area (Å²) in [5.74, 6) is 1.29. The molecule has 0 radical (unpaired) electrons. The number of amides is 1. The van der Waals surface area contributed by atoms with Gasteiger partial charge in [0.25, 0.3) is 5.91 Å². The molecule has 1 fully saturated rings. The molecule has 9 nitrogen and oxygen atoms in total. The van der Waals surface area contributed by atoms with E-state index in [4.69, 9.17) is 14.2 Å². The molecule has 0 spiro atoms. The van der Waals surface area contributed by atoms with Crippen molar-refractivity contribution in [2.45, 2.75) is 25.4 Å². The Morgan fingerprint density at radius 2 is 1.93 bits per heavy atom. The lowest BCUT2D eigenvalue weighted by atomic mass is 10.1. The predicted octanol–water partition coefficient (Wildman–Crippen LogP) is 1.16. The van der Waals surface area contributed by atoms with Gasteiger partial charge in [0.1, 0.15) is 0 Å². The maximum absolute atomic E-state index is 12.5. The highest BCUT2D eigenvalue weighted by Gasteiger charge is 2.20. The van der Waals surface area contributed by atoms with Crippen molar-refractivity contribution in [1.82, 2.24) is 25.6 Å². The largest absolute Gasteiger partial charge is 0.493 e. The van der Waals surface area contributed by atoms with Crippen LogP contribution in [-0.2, 0) is 6.54 Å². The zero-order chi connectivity index (χ0) is 19.2. The summed E-state index contributed by atoms with van der Waals surface area (Å²) in [6, 6.07) is 3.88. The van der Waals surface area contributed by atoms with Crippen LogP contribution in [0.25, 0.3) is 0 Å². The lowest BCUT2D eigenvalue weighted by molar-refractivity contribution is 0.0945. The summed E-state index contributed by atoms with van der Waals surface area (Å²) in [4.78, 5) is 12.5. The molecule has 146 valence electrons. The summed E-state index contributed by atoms with van der Waals surface area (Å²) in [7, 11) is 4.65. The molecular weight excluding hydrogens is 350 g/mol. The molecule has 1 amide bonds. The van der Waals surface area contributed by atoms with Gasteiger partial charge in [-0.3, -0.25) is 4.79 Å². The minimum absolute atomic E-state index is 0.266. The van der Waals surface area contributed by atoms with E-state index in [1.807, 2.05) is 6.07 Å². The highest BCUT2D eigenvalue weighted by Crippen LogP contribution is 2.39. The van der Waals surface area contributed by atoms with Gasteiger partial charge in [-0.1, -0.05) is 5.21 Å². The summed E-state index contributed by atoms with van der Waals surface area (Å²) in [5.41, 5.74) is 1.07. The van der Waals surface area contributed by atoms with Gasteiger partial charge >= 0.3 is 0 Å². The quantitative estimate of drug-likeness (QED) is 0.749. The minimum atomic E-state index is -0.285. The Kier molecular flexibility index (Phi) is 6.12. The van der Waals surface area contributed by atoms with E-state index >= 15 is 0 Å². The van der Waals surface area contributed by atoms with E-state index in [0.29, 0.717) is 22.9 Å². The first-order valence-corrected chi connectivity index (χ1v) is 8.86. The van der Waals surface area contributed by atoms with Crippen LogP contribution in [-0.4, -0.2) is 55.3 Å². The van der Waals surface area contributed by atoms with E-state index in [9.17, 15) is 4.79 Å². The van der Waals surface area contributed by atoms with Gasteiger partial charge in [0.05, 0.1) is 33.6 Å². The van der Waals surface area contributed by atoms with Crippen LogP contribution in [0.4, 0.5) is 0 Å². The minimum Gasteiger partial charge on any atom is -0.493 e. The molecule has 0 bridgehead atoms. The second kappa shape index (κ2) is 8.72. The van der Waals surface area contributed by atoms with Crippen LogP contribution in [0, 0.1) is 0 Å². The first-order valence-electron chi connectivity index (χ1n) is 8.86. The first kappa shape index (κ1) is 19.0. The van der Waals surface area contributed by atoms with Crippen molar-refractivity contribution < 1.29 is 19.0 Å². The summed E-state index contributed by atoms with van der Waals surface area (Å²) < 4.78 is 17.9. The molecule has 0 unspecified atom stereocenters. The number of hydrogen-bond acceptors (Lipinski definition) is 7. The lowest BCUT2D eigenvalue weighted by Gasteiger charge is -2.22. The molecular formula is C18H25N5O4. The summed E-state index contributed by atoms with van der Waals surface area (Å²) in [6.45, 7) is 2.17. The molecule has 0 saturated carbocycles. The number of nitrogens with one attached hydrogen (secondary N) is 2. The van der Waals surface area contributed by atoms with Crippen molar-refractivity contribution in [3.63, 3.8) is 0 Å². The van der Waals surface area contributed by atoms with Gasteiger partial charge < -0.3 is 24.8 Å². The number of rotatable bonds is 7. The molecule has 1 aliphatic rings. The van der Waals surface area contributed by atoms with Gasteiger partial charge in [-0.25, -0.2) is 4.68 Å². The number of piperidine rings is 1. The van der Waals surface area contributed by atoms with Crippen LogP contribution in [0.1, 0.15) is 34.9 Å². The summed E-state index contributed by atoms with van der Waals surface area (Å²) in [5, 5.41) is 14.3. The number of carbonyl (C=O) groups is 1. The molecule has 3 rings (SSSR count). The maximum atomic E-state index is 12.5. The fourth-order valence-electron chi connectivity index (χ4n) is 3.20. The normalized spacial score (nSPS) is 14.6. The number of hydrogen-bond donors (Lipinski definition) is 2. The number of methoxy groups -OCH3 is 3. The van der Waals surface area contributed by atoms with E-state index in [-0.39, 0.29) is 18.5 Å². The zero-order valence-corrected chi connectivity index (χ0v) is 15.8. The molecule has 27 heavy (non-hydrogen) atoms. The van der Waals surface area contributed by atoms with Crippen LogP contribution in [0.2, 0.25) is 0 Å². The van der Waals surface area contributed by atoms with Gasteiger partial charge in [-0.05, 0) is 38.1 Å². The molecule has 1 aliphatic heterocycles. The van der Waals surface area contributed by atoms with Gasteiger partial charge in [0, 0.05) is 12.1 Å². The first-order chi connectivity index (χ1) is 13.2. The Hall–Kier alpha value is -2.81. The number of aromatic nitrogens is 3. The molecule has 0 aliphatic carbocycles. The molecule has 1 saturated heterocycles. The van der Waals surface area contributed by atoms with E-state index in [0.717, 1.165) is 31.5 Å². The number of nitrogens with zero attached hydrogens (tertiary/aromatic N) is 3. The number of carbonyl (C=O) groups excluding carboxylic acids is 1. The van der Waals surface area contributed by atoms with Crippen molar-refractivity contribution in [2.24, 2.45) is 0 Å². The Balaban J connectivity index is 1.68. The smallest absolute Gasteiger partial charge is 0.273 e. The van der Waals surface area contributed by atoms with E-state index in [2.05, 4.69) is 20.9 Å². The zero-order valence-electron chi connectivity index (χ0n) is 15.8. The van der Waals surface area contributed by atoms with Gasteiger partial charge in [0.2, 0.25) is 5.75 Å². The third-order valence-electron chi connectivity index (χ3n) is 4.65. The second-order valence-electron chi connectivity index (χ2n) is 6.24. The Morgan fingerprint density at radius 1 is 1.19 bits per heavy atom. The van der Waals surface area contributed by atoms with Crippen LogP contribution >= 0.6 is 0 Å². The topological polar surface area (TPSA) is 99.5 Å². The van der Waals surface area contributed by atoms with Gasteiger partial charge in [-0.15, -0.1) is 5.10 Å². The van der Waals surface area contributed by atoms with Crippen molar-refractivity contribution >= 4 is 5.91 Å². The molecule has 9 heteroatoms. The highest BCUT2D eigenvalue weighted by molar-refractivity contribution is 5.91. The third-order valence-corrected chi connectivity index (χ3v) is 4.65. The van der Waals surface area contributed by atoms with Gasteiger partial charge in [-0.2, -0.15) is 0 Å². The van der Waals surface area contributed by atoms with E-state index in [1.165, 1.54) is 0 Å². The van der Waals surface area contributed by atoms with Crippen LogP contribution in [0.15, 0.2) is 18.3 Å². The van der Waals surface area contributed by atoms with Crippen LogP contribution in [0.5, 0.6) is 17.2 Å². The monoisotopic (exact) mass is 375 g/mol. The van der Waals surface area contributed by atoms with Gasteiger partial charge in [0.15, 0.2) is 17.2 Å². The van der Waals surface area contributed by atoms with E-state index < -0.39 is 0 Å². The van der Waals surface area contributed by atoms with E-state index in [1.54, 1.807) is 38.3 Å². The Labute approximate surface area is 158 Å². The summed E-state index contributed by atoms with van der Waals surface area (Å²) >= 11 is 0. The van der Waals surface area contributed by atoms with Crippen molar-refractivity contribution in [3.8, 4) is 17.2 Å². The average molecular weight is 375 g/mol. The molecule has 2 N–H and O–H groups in total. The predicted molar refractivity (Wildman–Crippen MR) is 98.4 cm³/mol.